The average Bonchev–Trinajstić information content (AvgIpc) is 2.36. The van der Waals surface area contributed by atoms with E-state index in [-0.39, 0.29) is 5.91 Å². The van der Waals surface area contributed by atoms with Gasteiger partial charge in [-0.2, -0.15) is 0 Å². The van der Waals surface area contributed by atoms with Gasteiger partial charge < -0.3 is 10.6 Å². The molecule has 1 aromatic rings. The fourth-order valence-corrected chi connectivity index (χ4v) is 1.89. The summed E-state index contributed by atoms with van der Waals surface area (Å²) in [4.78, 5) is 14.1. The predicted molar refractivity (Wildman–Crippen MR) is 77.6 cm³/mol. The fourth-order valence-electron chi connectivity index (χ4n) is 1.89. The Bertz CT molecular complexity index is 390. The van der Waals surface area contributed by atoms with Crippen LogP contribution in [0.1, 0.15) is 40.0 Å². The second-order valence-electron chi connectivity index (χ2n) is 4.82. The Morgan fingerprint density at radius 2 is 2.00 bits per heavy atom. The van der Waals surface area contributed by atoms with Crippen molar-refractivity contribution in [3.8, 4) is 0 Å². The summed E-state index contributed by atoms with van der Waals surface area (Å²) in [5.41, 5.74) is 7.47. The van der Waals surface area contributed by atoms with E-state index in [1.54, 1.807) is 0 Å². The van der Waals surface area contributed by atoms with Gasteiger partial charge in [0.1, 0.15) is 0 Å². The second-order valence-corrected chi connectivity index (χ2v) is 4.82. The molecule has 18 heavy (non-hydrogen) atoms. The number of hydrogen-bond acceptors (Lipinski definition) is 2. The summed E-state index contributed by atoms with van der Waals surface area (Å²) in [5, 5.41) is 0. The first kappa shape index (κ1) is 14.6. The molecule has 1 amide bonds. The van der Waals surface area contributed by atoms with E-state index in [2.05, 4.69) is 20.8 Å². The van der Waals surface area contributed by atoms with Gasteiger partial charge in [0.15, 0.2) is 0 Å². The molecule has 2 N–H and O–H groups in total. The molecule has 1 aromatic carbocycles. The van der Waals surface area contributed by atoms with Crippen molar-refractivity contribution in [3.63, 3.8) is 0 Å². The monoisotopic (exact) mass is 248 g/mol. The third-order valence-corrected chi connectivity index (χ3v) is 3.20. The van der Waals surface area contributed by atoms with Crippen molar-refractivity contribution in [1.82, 2.24) is 0 Å². The lowest BCUT2D eigenvalue weighted by Gasteiger charge is -2.25. The van der Waals surface area contributed by atoms with Crippen molar-refractivity contribution < 1.29 is 4.79 Å². The maximum Gasteiger partial charge on any atom is 0.227 e. The van der Waals surface area contributed by atoms with Crippen LogP contribution in [0.2, 0.25) is 0 Å². The lowest BCUT2D eigenvalue weighted by Crippen LogP contribution is -2.33. The van der Waals surface area contributed by atoms with E-state index in [0.29, 0.717) is 18.0 Å². The van der Waals surface area contributed by atoms with E-state index in [1.165, 1.54) is 0 Å². The summed E-state index contributed by atoms with van der Waals surface area (Å²) >= 11 is 0. The first-order valence-corrected chi connectivity index (χ1v) is 6.75. The molecule has 0 aliphatic rings. The highest BCUT2D eigenvalue weighted by Crippen LogP contribution is 2.24. The normalized spacial score (nSPS) is 12.2. The van der Waals surface area contributed by atoms with Crippen molar-refractivity contribution in [2.45, 2.75) is 40.0 Å². The topological polar surface area (TPSA) is 46.3 Å². The van der Waals surface area contributed by atoms with Gasteiger partial charge in [-0.3, -0.25) is 4.79 Å². The van der Waals surface area contributed by atoms with Crippen LogP contribution in [0.4, 0.5) is 11.4 Å². The van der Waals surface area contributed by atoms with Gasteiger partial charge in [0, 0.05) is 13.0 Å². The first-order valence-electron chi connectivity index (χ1n) is 6.75. The molecule has 0 fully saturated rings. The molecule has 100 valence electrons. The largest absolute Gasteiger partial charge is 0.397 e. The third kappa shape index (κ3) is 3.76. The Morgan fingerprint density at radius 1 is 1.33 bits per heavy atom. The average molecular weight is 248 g/mol. The molecule has 0 aliphatic heterocycles. The minimum atomic E-state index is 0.170. The zero-order chi connectivity index (χ0) is 13.5. The molecule has 0 bridgehead atoms. The van der Waals surface area contributed by atoms with Gasteiger partial charge in [-0.25, -0.2) is 0 Å². The fraction of sp³-hybridized carbons (Fsp3) is 0.533. The molecule has 0 saturated carbocycles. The van der Waals surface area contributed by atoms with Crippen LogP contribution >= 0.6 is 0 Å². The Kier molecular flexibility index (Phi) is 5.69. The molecule has 0 aliphatic carbocycles. The van der Waals surface area contributed by atoms with Gasteiger partial charge in [0.2, 0.25) is 5.91 Å². The molecule has 0 aromatic heterocycles. The molecule has 0 heterocycles. The number of carbonyl (C=O) groups excluding carboxylic acids is 1. The van der Waals surface area contributed by atoms with Crippen LogP contribution in [0, 0.1) is 5.92 Å². The molecule has 0 radical (unpaired) electrons. The molecular formula is C15H24N2O. The Labute approximate surface area is 110 Å². The summed E-state index contributed by atoms with van der Waals surface area (Å²) in [6.07, 6.45) is 2.54. The lowest BCUT2D eigenvalue weighted by atomic mass is 10.0. The van der Waals surface area contributed by atoms with Gasteiger partial charge in [-0.15, -0.1) is 0 Å². The predicted octanol–water partition coefficient (Wildman–Crippen LogP) is 3.45. The summed E-state index contributed by atoms with van der Waals surface area (Å²) in [6.45, 7) is 7.02. The summed E-state index contributed by atoms with van der Waals surface area (Å²) < 4.78 is 0. The van der Waals surface area contributed by atoms with Crippen molar-refractivity contribution >= 4 is 17.3 Å². The maximum atomic E-state index is 12.3. The van der Waals surface area contributed by atoms with E-state index in [0.717, 1.165) is 25.1 Å². The third-order valence-electron chi connectivity index (χ3n) is 3.20. The SMILES string of the molecule is CCCN(C(=O)CC(C)CC)c1ccccc1N. The van der Waals surface area contributed by atoms with Crippen LogP contribution in [0.25, 0.3) is 0 Å². The Balaban J connectivity index is 2.89. The minimum Gasteiger partial charge on any atom is -0.397 e. The summed E-state index contributed by atoms with van der Waals surface area (Å²) in [7, 11) is 0. The number of amides is 1. The van der Waals surface area contributed by atoms with Crippen LogP contribution in [0.15, 0.2) is 24.3 Å². The lowest BCUT2D eigenvalue weighted by molar-refractivity contribution is -0.119. The number of anilines is 2. The molecule has 1 rings (SSSR count). The number of nitrogen functional groups attached to an aromatic ring is 1. The molecule has 0 saturated heterocycles. The van der Waals surface area contributed by atoms with Crippen molar-refractivity contribution in [2.75, 3.05) is 17.2 Å². The zero-order valence-electron chi connectivity index (χ0n) is 11.6. The standard InChI is InChI=1S/C15H24N2O/c1-4-10-17(15(18)11-12(3)5-2)14-9-7-6-8-13(14)16/h6-9,12H,4-5,10-11,16H2,1-3H3. The number of para-hydroxylation sites is 2. The van der Waals surface area contributed by atoms with Gasteiger partial charge >= 0.3 is 0 Å². The number of nitrogens with zero attached hydrogens (tertiary/aromatic N) is 1. The van der Waals surface area contributed by atoms with Crippen LogP contribution in [-0.2, 0) is 4.79 Å². The molecule has 1 unspecified atom stereocenters. The smallest absolute Gasteiger partial charge is 0.227 e. The molecular weight excluding hydrogens is 224 g/mol. The number of hydrogen-bond donors (Lipinski definition) is 1. The molecule has 0 spiro atoms. The molecule has 3 heteroatoms. The van der Waals surface area contributed by atoms with E-state index in [9.17, 15) is 4.79 Å². The highest BCUT2D eigenvalue weighted by atomic mass is 16.2. The quantitative estimate of drug-likeness (QED) is 0.784. The first-order chi connectivity index (χ1) is 8.60. The van der Waals surface area contributed by atoms with Crippen molar-refractivity contribution in [3.05, 3.63) is 24.3 Å². The van der Waals surface area contributed by atoms with Crippen molar-refractivity contribution in [1.29, 1.82) is 0 Å². The second kappa shape index (κ2) is 7.04. The van der Waals surface area contributed by atoms with Gasteiger partial charge in [0.05, 0.1) is 11.4 Å². The highest BCUT2D eigenvalue weighted by molar-refractivity contribution is 5.96. The minimum absolute atomic E-state index is 0.170. The molecule has 3 nitrogen and oxygen atoms in total. The molecule has 1 atom stereocenters. The van der Waals surface area contributed by atoms with Crippen LogP contribution in [-0.4, -0.2) is 12.5 Å². The van der Waals surface area contributed by atoms with E-state index in [1.807, 2.05) is 29.2 Å². The summed E-state index contributed by atoms with van der Waals surface area (Å²) in [5.74, 6) is 0.589. The van der Waals surface area contributed by atoms with Crippen molar-refractivity contribution in [2.24, 2.45) is 5.92 Å². The number of rotatable bonds is 6. The van der Waals surface area contributed by atoms with Gasteiger partial charge in [-0.05, 0) is 24.5 Å². The van der Waals surface area contributed by atoms with Gasteiger partial charge in [-0.1, -0.05) is 39.3 Å². The maximum absolute atomic E-state index is 12.3. The number of nitrogens with two attached hydrogens (primary N) is 1. The zero-order valence-corrected chi connectivity index (χ0v) is 11.6. The Hall–Kier alpha value is -1.51. The van der Waals surface area contributed by atoms with E-state index < -0.39 is 0 Å². The Morgan fingerprint density at radius 3 is 2.56 bits per heavy atom. The van der Waals surface area contributed by atoms with Gasteiger partial charge in [0.25, 0.3) is 0 Å². The van der Waals surface area contributed by atoms with E-state index in [4.69, 9.17) is 5.73 Å². The van der Waals surface area contributed by atoms with Crippen LogP contribution in [0.5, 0.6) is 0 Å². The highest BCUT2D eigenvalue weighted by Gasteiger charge is 2.18. The van der Waals surface area contributed by atoms with Crippen LogP contribution < -0.4 is 10.6 Å². The number of carbonyl (C=O) groups is 1. The number of benzene rings is 1. The van der Waals surface area contributed by atoms with E-state index >= 15 is 0 Å². The summed E-state index contributed by atoms with van der Waals surface area (Å²) in [6, 6.07) is 7.57. The van der Waals surface area contributed by atoms with Crippen LogP contribution in [0.3, 0.4) is 0 Å².